The average molecular weight is 261 g/mol. The van der Waals surface area contributed by atoms with Crippen molar-refractivity contribution in [1.29, 1.82) is 0 Å². The van der Waals surface area contributed by atoms with Gasteiger partial charge in [0.2, 0.25) is 0 Å². The zero-order valence-corrected chi connectivity index (χ0v) is 11.5. The Morgan fingerprint density at radius 2 is 2.17 bits per heavy atom. The minimum atomic E-state index is 0.750. The molecule has 0 radical (unpaired) electrons. The Balaban J connectivity index is 1.58. The van der Waals surface area contributed by atoms with E-state index < -0.39 is 0 Å². The average Bonchev–Trinajstić information content (AvgIpc) is 2.93. The van der Waals surface area contributed by atoms with Gasteiger partial charge < -0.3 is 5.32 Å². The second-order valence-corrected chi connectivity index (χ2v) is 6.13. The number of aryl methyl sites for hydroxylation is 1. The van der Waals surface area contributed by atoms with E-state index in [9.17, 15) is 0 Å². The first-order valence-corrected chi connectivity index (χ1v) is 7.48. The number of nitrogens with zero attached hydrogens (tertiary/aromatic N) is 2. The smallest absolute Gasteiger partial charge is 0.0762 e. The second kappa shape index (κ2) is 5.24. The number of hydrogen-bond donors (Lipinski definition) is 1. The number of thiophene rings is 1. The molecule has 1 N–H and O–H groups in total. The summed E-state index contributed by atoms with van der Waals surface area (Å²) in [5.74, 6) is 0. The molecule has 2 aromatic heterocycles. The highest BCUT2D eigenvalue weighted by Gasteiger charge is 2.20. The van der Waals surface area contributed by atoms with Gasteiger partial charge in [0.1, 0.15) is 0 Å². The van der Waals surface area contributed by atoms with Gasteiger partial charge in [0.25, 0.3) is 0 Å². The number of nitrogens with one attached hydrogen (secondary N) is 1. The molecular weight excluding hydrogens is 242 g/mol. The van der Waals surface area contributed by atoms with Crippen molar-refractivity contribution in [3.63, 3.8) is 0 Å². The van der Waals surface area contributed by atoms with E-state index in [0.29, 0.717) is 0 Å². The Bertz CT molecular complexity index is 511. The fourth-order valence-electron chi connectivity index (χ4n) is 1.98. The molecule has 4 heteroatoms. The van der Waals surface area contributed by atoms with Crippen molar-refractivity contribution in [3.8, 4) is 0 Å². The van der Waals surface area contributed by atoms with Crippen LogP contribution in [0.2, 0.25) is 0 Å². The highest BCUT2D eigenvalue weighted by molar-refractivity contribution is 7.11. The summed E-state index contributed by atoms with van der Waals surface area (Å²) in [6.07, 6.45) is 5.86. The number of hydrogen-bond acceptors (Lipinski definition) is 3. The molecule has 96 valence electrons. The lowest BCUT2D eigenvalue weighted by Gasteiger charge is -2.00. The monoisotopic (exact) mass is 261 g/mol. The van der Waals surface area contributed by atoms with Crippen molar-refractivity contribution >= 4 is 11.3 Å². The van der Waals surface area contributed by atoms with Crippen LogP contribution >= 0.6 is 11.3 Å². The molecule has 0 atom stereocenters. The molecule has 0 amide bonds. The molecule has 3 rings (SSSR count). The normalized spacial score (nSPS) is 15.2. The maximum Gasteiger partial charge on any atom is 0.0762 e. The number of aromatic nitrogens is 2. The lowest BCUT2D eigenvalue weighted by Crippen LogP contribution is -2.15. The summed E-state index contributed by atoms with van der Waals surface area (Å²) >= 11 is 1.89. The molecule has 2 aromatic rings. The highest BCUT2D eigenvalue weighted by Crippen LogP contribution is 2.19. The molecule has 2 heterocycles. The van der Waals surface area contributed by atoms with E-state index in [2.05, 4.69) is 41.7 Å². The first kappa shape index (κ1) is 11.9. The van der Waals surface area contributed by atoms with Gasteiger partial charge in [0.15, 0.2) is 0 Å². The van der Waals surface area contributed by atoms with Crippen molar-refractivity contribution in [2.45, 2.75) is 45.3 Å². The maximum atomic E-state index is 4.60. The highest BCUT2D eigenvalue weighted by atomic mass is 32.1. The first-order valence-electron chi connectivity index (χ1n) is 6.67. The summed E-state index contributed by atoms with van der Waals surface area (Å²) in [5.41, 5.74) is 1.15. The molecule has 1 aliphatic rings. The van der Waals surface area contributed by atoms with Gasteiger partial charge in [-0.2, -0.15) is 5.10 Å². The van der Waals surface area contributed by atoms with E-state index in [1.54, 1.807) is 0 Å². The van der Waals surface area contributed by atoms with E-state index in [1.165, 1.54) is 22.6 Å². The topological polar surface area (TPSA) is 29.9 Å². The van der Waals surface area contributed by atoms with Crippen LogP contribution in [0.5, 0.6) is 0 Å². The molecule has 1 saturated carbocycles. The molecule has 0 saturated heterocycles. The summed E-state index contributed by atoms with van der Waals surface area (Å²) in [7, 11) is 0. The molecule has 0 bridgehead atoms. The van der Waals surface area contributed by atoms with Crippen LogP contribution in [0.25, 0.3) is 0 Å². The molecular formula is C14H19N3S. The van der Waals surface area contributed by atoms with E-state index in [4.69, 9.17) is 0 Å². The molecule has 0 aromatic carbocycles. The van der Waals surface area contributed by atoms with Crippen molar-refractivity contribution in [1.82, 2.24) is 15.1 Å². The van der Waals surface area contributed by atoms with E-state index in [-0.39, 0.29) is 0 Å². The third-order valence-corrected chi connectivity index (χ3v) is 4.44. The second-order valence-electron chi connectivity index (χ2n) is 4.88. The van der Waals surface area contributed by atoms with E-state index in [0.717, 1.165) is 31.2 Å². The van der Waals surface area contributed by atoms with Crippen LogP contribution in [0.1, 0.15) is 35.2 Å². The lowest BCUT2D eigenvalue weighted by atomic mass is 10.4. The predicted molar refractivity (Wildman–Crippen MR) is 74.9 cm³/mol. The van der Waals surface area contributed by atoms with Crippen LogP contribution < -0.4 is 5.32 Å². The standard InChI is InChI=1S/C14H19N3S/c1-2-13-5-6-14(18-13)10-17-8-7-12(16-17)9-15-11-3-4-11/h5-8,11,15H,2-4,9-10H2,1H3. The van der Waals surface area contributed by atoms with Gasteiger partial charge in [0.05, 0.1) is 12.2 Å². The first-order chi connectivity index (χ1) is 8.83. The fraction of sp³-hybridized carbons (Fsp3) is 0.500. The van der Waals surface area contributed by atoms with Crippen LogP contribution in [0.15, 0.2) is 24.4 Å². The van der Waals surface area contributed by atoms with Crippen molar-refractivity contribution in [2.24, 2.45) is 0 Å². The van der Waals surface area contributed by atoms with Crippen molar-refractivity contribution in [2.75, 3.05) is 0 Å². The third-order valence-electron chi connectivity index (χ3n) is 3.23. The van der Waals surface area contributed by atoms with Gasteiger partial charge in [0, 0.05) is 28.5 Å². The van der Waals surface area contributed by atoms with Gasteiger partial charge in [-0.15, -0.1) is 11.3 Å². The predicted octanol–water partition coefficient (Wildman–Crippen LogP) is 2.81. The largest absolute Gasteiger partial charge is 0.308 e. The summed E-state index contributed by atoms with van der Waals surface area (Å²) < 4.78 is 2.04. The van der Waals surface area contributed by atoms with E-state index in [1.807, 2.05) is 16.0 Å². The zero-order valence-electron chi connectivity index (χ0n) is 10.7. The molecule has 0 spiro atoms. The third kappa shape index (κ3) is 3.00. The Morgan fingerprint density at radius 3 is 2.89 bits per heavy atom. The summed E-state index contributed by atoms with van der Waals surface area (Å²) in [4.78, 5) is 2.84. The molecule has 0 aliphatic heterocycles. The Hall–Kier alpha value is -1.13. The van der Waals surface area contributed by atoms with Crippen molar-refractivity contribution < 1.29 is 0 Å². The van der Waals surface area contributed by atoms with Crippen LogP contribution in [-0.4, -0.2) is 15.8 Å². The minimum absolute atomic E-state index is 0.750. The van der Waals surface area contributed by atoms with Crippen LogP contribution in [0.4, 0.5) is 0 Å². The molecule has 0 unspecified atom stereocenters. The fourth-order valence-corrected chi connectivity index (χ4v) is 2.93. The van der Waals surface area contributed by atoms with Gasteiger partial charge in [-0.3, -0.25) is 4.68 Å². The molecule has 3 nitrogen and oxygen atoms in total. The van der Waals surface area contributed by atoms with Gasteiger partial charge in [-0.1, -0.05) is 6.92 Å². The van der Waals surface area contributed by atoms with Gasteiger partial charge in [-0.05, 0) is 37.5 Å². The Labute approximate surface area is 112 Å². The summed E-state index contributed by atoms with van der Waals surface area (Å²) in [6, 6.07) is 7.30. The van der Waals surface area contributed by atoms with Crippen LogP contribution in [0, 0.1) is 0 Å². The molecule has 1 aliphatic carbocycles. The van der Waals surface area contributed by atoms with Crippen LogP contribution in [-0.2, 0) is 19.5 Å². The van der Waals surface area contributed by atoms with Gasteiger partial charge in [-0.25, -0.2) is 0 Å². The Kier molecular flexibility index (Phi) is 3.48. The molecule has 18 heavy (non-hydrogen) atoms. The van der Waals surface area contributed by atoms with Crippen LogP contribution in [0.3, 0.4) is 0 Å². The summed E-state index contributed by atoms with van der Waals surface area (Å²) in [5, 5.41) is 8.09. The Morgan fingerprint density at radius 1 is 1.33 bits per heavy atom. The summed E-state index contributed by atoms with van der Waals surface area (Å²) in [6.45, 7) is 4.00. The maximum absolute atomic E-state index is 4.60. The number of rotatable bonds is 6. The lowest BCUT2D eigenvalue weighted by molar-refractivity contribution is 0.634. The molecule has 1 fully saturated rings. The van der Waals surface area contributed by atoms with E-state index >= 15 is 0 Å². The minimum Gasteiger partial charge on any atom is -0.308 e. The quantitative estimate of drug-likeness (QED) is 0.866. The SMILES string of the molecule is CCc1ccc(Cn2ccc(CNC3CC3)n2)s1. The van der Waals surface area contributed by atoms with Gasteiger partial charge >= 0.3 is 0 Å². The van der Waals surface area contributed by atoms with Crippen molar-refractivity contribution in [3.05, 3.63) is 39.8 Å². The zero-order chi connectivity index (χ0) is 12.4.